The molecular weight excluding hydrogens is 256 g/mol. The molecule has 0 amide bonds. The number of benzene rings is 1. The minimum absolute atomic E-state index is 0.249. The van der Waals surface area contributed by atoms with Crippen LogP contribution in [-0.4, -0.2) is 11.5 Å². The van der Waals surface area contributed by atoms with Crippen LogP contribution >= 0.6 is 0 Å². The Kier molecular flexibility index (Phi) is 4.35. The lowest BCUT2D eigenvalue weighted by Crippen LogP contribution is -2.25. The summed E-state index contributed by atoms with van der Waals surface area (Å²) in [6.45, 7) is 5.23. The predicted octanol–water partition coefficient (Wildman–Crippen LogP) is 4.36. The molecule has 0 radical (unpaired) electrons. The second-order valence-electron chi connectivity index (χ2n) is 6.04. The standard InChI is InChI=1S/C19H24N2/c1-3-21-19(16-11-14(2)12-20-13-16)18-10-5-4-9-17(18)15-7-6-8-15/h4-5,9-13,15,19,21H,3,6-8H2,1-2H3. The number of hydrogen-bond acceptors (Lipinski definition) is 2. The van der Waals surface area contributed by atoms with E-state index in [0.29, 0.717) is 0 Å². The summed E-state index contributed by atoms with van der Waals surface area (Å²) in [6.07, 6.45) is 7.96. The van der Waals surface area contributed by atoms with Crippen LogP contribution in [-0.2, 0) is 0 Å². The topological polar surface area (TPSA) is 24.9 Å². The first kappa shape index (κ1) is 14.3. The van der Waals surface area contributed by atoms with Gasteiger partial charge in [0.15, 0.2) is 0 Å². The summed E-state index contributed by atoms with van der Waals surface area (Å²) in [4.78, 5) is 4.38. The molecule has 21 heavy (non-hydrogen) atoms. The highest BCUT2D eigenvalue weighted by atomic mass is 14.9. The molecule has 1 atom stereocenters. The number of aryl methyl sites for hydroxylation is 1. The maximum Gasteiger partial charge on any atom is 0.0594 e. The molecule has 2 aromatic rings. The molecule has 1 saturated carbocycles. The normalized spacial score (nSPS) is 16.5. The van der Waals surface area contributed by atoms with E-state index in [-0.39, 0.29) is 6.04 Å². The zero-order valence-electron chi connectivity index (χ0n) is 13.0. The molecule has 2 heteroatoms. The van der Waals surface area contributed by atoms with Crippen molar-refractivity contribution in [2.75, 3.05) is 6.54 Å². The average Bonchev–Trinajstić information content (AvgIpc) is 2.44. The fraction of sp³-hybridized carbons (Fsp3) is 0.421. The van der Waals surface area contributed by atoms with Gasteiger partial charge in [-0.3, -0.25) is 4.98 Å². The summed E-state index contributed by atoms with van der Waals surface area (Å²) in [7, 11) is 0. The SMILES string of the molecule is CCNC(c1cncc(C)c1)c1ccccc1C1CCC1. The van der Waals surface area contributed by atoms with Crippen LogP contribution in [0, 0.1) is 6.92 Å². The highest BCUT2D eigenvalue weighted by molar-refractivity contribution is 5.40. The summed E-state index contributed by atoms with van der Waals surface area (Å²) in [5, 5.41) is 3.65. The zero-order valence-corrected chi connectivity index (χ0v) is 13.0. The van der Waals surface area contributed by atoms with Gasteiger partial charge in [-0.05, 0) is 54.5 Å². The molecule has 110 valence electrons. The van der Waals surface area contributed by atoms with Crippen LogP contribution in [0.15, 0.2) is 42.7 Å². The van der Waals surface area contributed by atoms with Crippen LogP contribution in [0.1, 0.15) is 60.4 Å². The van der Waals surface area contributed by atoms with E-state index in [1.165, 1.54) is 41.5 Å². The van der Waals surface area contributed by atoms with Crippen molar-refractivity contribution in [1.82, 2.24) is 10.3 Å². The summed E-state index contributed by atoms with van der Waals surface area (Å²) in [5.74, 6) is 0.750. The van der Waals surface area contributed by atoms with Crippen molar-refractivity contribution in [2.45, 2.75) is 45.1 Å². The van der Waals surface area contributed by atoms with Crippen molar-refractivity contribution in [1.29, 1.82) is 0 Å². The second kappa shape index (κ2) is 6.40. The quantitative estimate of drug-likeness (QED) is 0.880. The molecule has 1 aliphatic carbocycles. The Morgan fingerprint density at radius 3 is 2.71 bits per heavy atom. The van der Waals surface area contributed by atoms with E-state index in [2.05, 4.69) is 54.5 Å². The van der Waals surface area contributed by atoms with Gasteiger partial charge in [-0.15, -0.1) is 0 Å². The Bertz CT molecular complexity index is 602. The van der Waals surface area contributed by atoms with Crippen molar-refractivity contribution in [2.24, 2.45) is 0 Å². The van der Waals surface area contributed by atoms with E-state index in [1.54, 1.807) is 0 Å². The third-order valence-electron chi connectivity index (χ3n) is 4.49. The fourth-order valence-corrected chi connectivity index (χ4v) is 3.21. The first-order chi connectivity index (χ1) is 10.3. The van der Waals surface area contributed by atoms with Gasteiger partial charge in [0.1, 0.15) is 0 Å². The van der Waals surface area contributed by atoms with Gasteiger partial charge in [0.2, 0.25) is 0 Å². The summed E-state index contributed by atoms with van der Waals surface area (Å²) >= 11 is 0. The minimum atomic E-state index is 0.249. The average molecular weight is 280 g/mol. The van der Waals surface area contributed by atoms with Gasteiger partial charge in [0, 0.05) is 12.4 Å². The molecule has 1 aliphatic rings. The summed E-state index contributed by atoms with van der Waals surface area (Å²) in [6, 6.07) is 11.4. The van der Waals surface area contributed by atoms with E-state index in [9.17, 15) is 0 Å². The van der Waals surface area contributed by atoms with Gasteiger partial charge < -0.3 is 5.32 Å². The Hall–Kier alpha value is -1.67. The third kappa shape index (κ3) is 3.01. The maximum atomic E-state index is 4.38. The Morgan fingerprint density at radius 2 is 2.05 bits per heavy atom. The van der Waals surface area contributed by atoms with Crippen LogP contribution in [0.4, 0.5) is 0 Å². The third-order valence-corrected chi connectivity index (χ3v) is 4.49. The fourth-order valence-electron chi connectivity index (χ4n) is 3.21. The number of hydrogen-bond donors (Lipinski definition) is 1. The molecule has 1 N–H and O–H groups in total. The van der Waals surface area contributed by atoms with E-state index < -0.39 is 0 Å². The van der Waals surface area contributed by atoms with Gasteiger partial charge in [0.25, 0.3) is 0 Å². The molecule has 2 nitrogen and oxygen atoms in total. The zero-order chi connectivity index (χ0) is 14.7. The molecule has 1 fully saturated rings. The van der Waals surface area contributed by atoms with E-state index in [4.69, 9.17) is 0 Å². The smallest absolute Gasteiger partial charge is 0.0594 e. The van der Waals surface area contributed by atoms with Crippen molar-refractivity contribution in [3.8, 4) is 0 Å². The molecule has 0 aliphatic heterocycles. The highest BCUT2D eigenvalue weighted by Gasteiger charge is 2.25. The van der Waals surface area contributed by atoms with Crippen molar-refractivity contribution in [3.05, 3.63) is 65.0 Å². The first-order valence-electron chi connectivity index (χ1n) is 8.03. The van der Waals surface area contributed by atoms with Gasteiger partial charge in [-0.1, -0.05) is 43.7 Å². The van der Waals surface area contributed by atoms with Crippen LogP contribution < -0.4 is 5.32 Å². The highest BCUT2D eigenvalue weighted by Crippen LogP contribution is 2.40. The lowest BCUT2D eigenvalue weighted by molar-refractivity contribution is 0.414. The lowest BCUT2D eigenvalue weighted by Gasteiger charge is -2.31. The van der Waals surface area contributed by atoms with Gasteiger partial charge >= 0.3 is 0 Å². The summed E-state index contributed by atoms with van der Waals surface area (Å²) < 4.78 is 0. The molecule has 0 bridgehead atoms. The molecule has 1 heterocycles. The van der Waals surface area contributed by atoms with E-state index in [1.807, 2.05) is 12.4 Å². The van der Waals surface area contributed by atoms with Gasteiger partial charge in [0.05, 0.1) is 6.04 Å². The summed E-state index contributed by atoms with van der Waals surface area (Å²) in [5.41, 5.74) is 5.44. The number of pyridine rings is 1. The number of aromatic nitrogens is 1. The van der Waals surface area contributed by atoms with Crippen LogP contribution in [0.3, 0.4) is 0 Å². The molecule has 1 aromatic carbocycles. The molecular formula is C19H24N2. The second-order valence-corrected chi connectivity index (χ2v) is 6.04. The largest absolute Gasteiger partial charge is 0.306 e. The van der Waals surface area contributed by atoms with Gasteiger partial charge in [-0.2, -0.15) is 0 Å². The van der Waals surface area contributed by atoms with E-state index >= 15 is 0 Å². The van der Waals surface area contributed by atoms with E-state index in [0.717, 1.165) is 12.5 Å². The van der Waals surface area contributed by atoms with Crippen molar-refractivity contribution < 1.29 is 0 Å². The lowest BCUT2D eigenvalue weighted by atomic mass is 9.76. The minimum Gasteiger partial charge on any atom is -0.306 e. The van der Waals surface area contributed by atoms with Crippen LogP contribution in [0.2, 0.25) is 0 Å². The first-order valence-corrected chi connectivity index (χ1v) is 8.03. The maximum absolute atomic E-state index is 4.38. The molecule has 3 rings (SSSR count). The number of rotatable bonds is 5. The Morgan fingerprint density at radius 1 is 1.24 bits per heavy atom. The number of nitrogens with zero attached hydrogens (tertiary/aromatic N) is 1. The molecule has 0 spiro atoms. The number of nitrogens with one attached hydrogen (secondary N) is 1. The van der Waals surface area contributed by atoms with Crippen molar-refractivity contribution in [3.63, 3.8) is 0 Å². The molecule has 1 unspecified atom stereocenters. The molecule has 0 saturated heterocycles. The molecule has 1 aromatic heterocycles. The van der Waals surface area contributed by atoms with Crippen LogP contribution in [0.25, 0.3) is 0 Å². The Balaban J connectivity index is 2.01. The van der Waals surface area contributed by atoms with Gasteiger partial charge in [-0.25, -0.2) is 0 Å². The predicted molar refractivity (Wildman–Crippen MR) is 87.5 cm³/mol. The monoisotopic (exact) mass is 280 g/mol. The van der Waals surface area contributed by atoms with Crippen molar-refractivity contribution >= 4 is 0 Å². The Labute approximate surface area is 127 Å². The van der Waals surface area contributed by atoms with Crippen LogP contribution in [0.5, 0.6) is 0 Å².